The predicted molar refractivity (Wildman–Crippen MR) is 104 cm³/mol. The fourth-order valence-corrected chi connectivity index (χ4v) is 4.05. The maximum atomic E-state index is 14.2. The van der Waals surface area contributed by atoms with Crippen LogP contribution in [0.25, 0.3) is 11.3 Å². The molecule has 0 radical (unpaired) electrons. The zero-order valence-corrected chi connectivity index (χ0v) is 16.4. The maximum Gasteiger partial charge on any atom is 0.268 e. The lowest BCUT2D eigenvalue weighted by Gasteiger charge is -2.11. The van der Waals surface area contributed by atoms with E-state index in [0.717, 1.165) is 10.0 Å². The van der Waals surface area contributed by atoms with E-state index in [1.165, 1.54) is 36.5 Å². The molecule has 0 aliphatic heterocycles. The van der Waals surface area contributed by atoms with Crippen LogP contribution in [0.3, 0.4) is 0 Å². The standard InChI is InChI=1S/C18H17FN2O3S.BrH/c1-20-11-13-9-18(16-7-2-3-8-17(16)19)21(12-13)25(23,24)15-6-4-5-14(22)10-15;/h2-10,12,20,22H,11H2,1H3;1H. The maximum absolute atomic E-state index is 14.2. The third kappa shape index (κ3) is 3.82. The number of hydrogen-bond donors (Lipinski definition) is 2. The minimum atomic E-state index is -3.99. The number of benzene rings is 2. The molecule has 0 aliphatic rings. The van der Waals surface area contributed by atoms with Crippen molar-refractivity contribution in [3.63, 3.8) is 0 Å². The van der Waals surface area contributed by atoms with E-state index < -0.39 is 15.8 Å². The first kappa shape index (κ1) is 20.2. The lowest BCUT2D eigenvalue weighted by Crippen LogP contribution is -2.13. The Balaban J connectivity index is 0.00000243. The SMILES string of the molecule is Br.CNCc1cc(-c2ccccc2F)n(S(=O)(=O)c2cccc(O)c2)c1. The molecule has 0 atom stereocenters. The van der Waals surface area contributed by atoms with Crippen LogP contribution in [0.1, 0.15) is 5.56 Å². The average molecular weight is 441 g/mol. The van der Waals surface area contributed by atoms with Gasteiger partial charge in [-0.05, 0) is 42.9 Å². The van der Waals surface area contributed by atoms with E-state index in [2.05, 4.69) is 5.32 Å². The Hall–Kier alpha value is -2.16. The second kappa shape index (κ2) is 8.03. The van der Waals surface area contributed by atoms with Crippen LogP contribution in [-0.4, -0.2) is 24.5 Å². The Morgan fingerprint density at radius 3 is 2.50 bits per heavy atom. The van der Waals surface area contributed by atoms with E-state index in [1.807, 2.05) is 0 Å². The number of aromatic nitrogens is 1. The van der Waals surface area contributed by atoms with Gasteiger partial charge in [0.25, 0.3) is 10.0 Å². The molecule has 0 bridgehead atoms. The molecule has 26 heavy (non-hydrogen) atoms. The molecule has 5 nitrogen and oxygen atoms in total. The van der Waals surface area contributed by atoms with E-state index in [4.69, 9.17) is 0 Å². The highest BCUT2D eigenvalue weighted by Crippen LogP contribution is 2.29. The van der Waals surface area contributed by atoms with Crippen molar-refractivity contribution in [2.24, 2.45) is 0 Å². The number of aromatic hydroxyl groups is 1. The van der Waals surface area contributed by atoms with Gasteiger partial charge in [-0.1, -0.05) is 18.2 Å². The lowest BCUT2D eigenvalue weighted by molar-refractivity contribution is 0.473. The van der Waals surface area contributed by atoms with Crippen LogP contribution in [-0.2, 0) is 16.6 Å². The molecular weight excluding hydrogens is 423 g/mol. The molecule has 1 aromatic heterocycles. The van der Waals surface area contributed by atoms with Gasteiger partial charge in [0.2, 0.25) is 0 Å². The second-order valence-corrected chi connectivity index (χ2v) is 7.36. The third-order valence-corrected chi connectivity index (χ3v) is 5.42. The molecule has 1 heterocycles. The van der Waals surface area contributed by atoms with Crippen molar-refractivity contribution in [2.75, 3.05) is 7.05 Å². The molecule has 2 aromatic carbocycles. The topological polar surface area (TPSA) is 71.3 Å². The Bertz CT molecular complexity index is 1020. The van der Waals surface area contributed by atoms with E-state index in [9.17, 15) is 17.9 Å². The van der Waals surface area contributed by atoms with Crippen LogP contribution in [0.15, 0.2) is 65.7 Å². The molecule has 8 heteroatoms. The Labute approximate surface area is 161 Å². The van der Waals surface area contributed by atoms with Crippen LogP contribution in [0.2, 0.25) is 0 Å². The number of rotatable bonds is 5. The summed E-state index contributed by atoms with van der Waals surface area (Å²) in [4.78, 5) is -0.0725. The van der Waals surface area contributed by atoms with Gasteiger partial charge in [0, 0.05) is 24.4 Å². The van der Waals surface area contributed by atoms with Crippen LogP contribution in [0.4, 0.5) is 4.39 Å². The largest absolute Gasteiger partial charge is 0.508 e. The molecular formula is C18H18BrFN2O3S. The van der Waals surface area contributed by atoms with E-state index in [0.29, 0.717) is 12.1 Å². The fourth-order valence-electron chi connectivity index (χ4n) is 2.62. The third-order valence-electron chi connectivity index (χ3n) is 3.75. The summed E-state index contributed by atoms with van der Waals surface area (Å²) in [5.74, 6) is -0.667. The summed E-state index contributed by atoms with van der Waals surface area (Å²) in [5.41, 5.74) is 1.12. The monoisotopic (exact) mass is 440 g/mol. The molecule has 138 valence electrons. The minimum absolute atomic E-state index is 0. The number of phenols is 1. The molecule has 0 amide bonds. The highest BCUT2D eigenvalue weighted by molar-refractivity contribution is 8.93. The normalized spacial score (nSPS) is 11.2. The van der Waals surface area contributed by atoms with Gasteiger partial charge in [-0.15, -0.1) is 17.0 Å². The van der Waals surface area contributed by atoms with Gasteiger partial charge in [-0.3, -0.25) is 0 Å². The molecule has 0 saturated heterocycles. The van der Waals surface area contributed by atoms with Gasteiger partial charge < -0.3 is 10.4 Å². The Morgan fingerprint density at radius 2 is 1.85 bits per heavy atom. The average Bonchev–Trinajstić information content (AvgIpc) is 3.00. The van der Waals surface area contributed by atoms with Crippen LogP contribution >= 0.6 is 17.0 Å². The van der Waals surface area contributed by atoms with Crippen molar-refractivity contribution in [1.82, 2.24) is 9.29 Å². The first-order chi connectivity index (χ1) is 11.9. The zero-order valence-electron chi connectivity index (χ0n) is 13.9. The second-order valence-electron chi connectivity index (χ2n) is 5.54. The van der Waals surface area contributed by atoms with Crippen molar-refractivity contribution in [3.05, 3.63) is 72.2 Å². The number of phenolic OH excluding ortho intramolecular Hbond substituents is 1. The fraction of sp³-hybridized carbons (Fsp3) is 0.111. The summed E-state index contributed by atoms with van der Waals surface area (Å²) in [6.07, 6.45) is 1.46. The number of nitrogens with zero attached hydrogens (tertiary/aromatic N) is 1. The summed E-state index contributed by atoms with van der Waals surface area (Å²) in [6.45, 7) is 0.435. The minimum Gasteiger partial charge on any atom is -0.508 e. The summed E-state index contributed by atoms with van der Waals surface area (Å²) >= 11 is 0. The van der Waals surface area contributed by atoms with Crippen molar-refractivity contribution >= 4 is 27.0 Å². The first-order valence-electron chi connectivity index (χ1n) is 7.59. The van der Waals surface area contributed by atoms with Crippen molar-refractivity contribution in [2.45, 2.75) is 11.4 Å². The van der Waals surface area contributed by atoms with Crippen LogP contribution in [0.5, 0.6) is 5.75 Å². The van der Waals surface area contributed by atoms with Crippen LogP contribution in [0, 0.1) is 5.82 Å². The molecule has 2 N–H and O–H groups in total. The molecule has 3 aromatic rings. The number of nitrogens with one attached hydrogen (secondary N) is 1. The molecule has 0 fully saturated rings. The first-order valence-corrected chi connectivity index (χ1v) is 9.03. The highest BCUT2D eigenvalue weighted by Gasteiger charge is 2.23. The molecule has 0 unspecified atom stereocenters. The molecule has 0 saturated carbocycles. The Morgan fingerprint density at radius 1 is 1.12 bits per heavy atom. The number of hydrogen-bond acceptors (Lipinski definition) is 4. The molecule has 0 spiro atoms. The van der Waals surface area contributed by atoms with E-state index >= 15 is 0 Å². The predicted octanol–water partition coefficient (Wildman–Crippen LogP) is 3.53. The van der Waals surface area contributed by atoms with Gasteiger partial charge in [-0.25, -0.2) is 16.8 Å². The molecule has 0 aliphatic carbocycles. The summed E-state index contributed by atoms with van der Waals surface area (Å²) in [5, 5.41) is 12.5. The van der Waals surface area contributed by atoms with Crippen LogP contribution < -0.4 is 5.32 Å². The van der Waals surface area contributed by atoms with Gasteiger partial charge in [-0.2, -0.15) is 0 Å². The van der Waals surface area contributed by atoms with E-state index in [1.54, 1.807) is 25.2 Å². The van der Waals surface area contributed by atoms with Gasteiger partial charge >= 0.3 is 0 Å². The summed E-state index contributed by atoms with van der Waals surface area (Å²) in [6, 6.07) is 13.0. The quantitative estimate of drug-likeness (QED) is 0.636. The van der Waals surface area contributed by atoms with Gasteiger partial charge in [0.05, 0.1) is 10.6 Å². The smallest absolute Gasteiger partial charge is 0.268 e. The Kier molecular flexibility index (Phi) is 6.22. The van der Waals surface area contributed by atoms with Gasteiger partial charge in [0.1, 0.15) is 11.6 Å². The summed E-state index contributed by atoms with van der Waals surface area (Å²) in [7, 11) is -2.25. The van der Waals surface area contributed by atoms with E-state index in [-0.39, 0.29) is 38.9 Å². The lowest BCUT2D eigenvalue weighted by atomic mass is 10.1. The molecule has 3 rings (SSSR count). The zero-order chi connectivity index (χ0) is 18.0. The van der Waals surface area contributed by atoms with Crippen molar-refractivity contribution in [3.8, 4) is 17.0 Å². The van der Waals surface area contributed by atoms with Gasteiger partial charge in [0.15, 0.2) is 0 Å². The van der Waals surface area contributed by atoms with Crippen molar-refractivity contribution < 1.29 is 17.9 Å². The summed E-state index contributed by atoms with van der Waals surface area (Å²) < 4.78 is 41.3. The highest BCUT2D eigenvalue weighted by atomic mass is 79.9. The number of halogens is 2. The van der Waals surface area contributed by atoms with Crippen molar-refractivity contribution in [1.29, 1.82) is 0 Å².